The van der Waals surface area contributed by atoms with Crippen molar-refractivity contribution in [1.82, 2.24) is 10.3 Å². The third-order valence-corrected chi connectivity index (χ3v) is 1.69. The molecule has 0 fully saturated rings. The Bertz CT molecular complexity index is 371. The summed E-state index contributed by atoms with van der Waals surface area (Å²) >= 11 is 0. The fourth-order valence-electron chi connectivity index (χ4n) is 0.939. The maximum atomic E-state index is 11.0. The molecule has 1 rings (SSSR count). The van der Waals surface area contributed by atoms with Gasteiger partial charge < -0.3 is 5.32 Å². The molecule has 0 aliphatic rings. The van der Waals surface area contributed by atoms with Gasteiger partial charge in [0.25, 0.3) is 6.29 Å². The number of allylic oxidation sites excluding steroid dienone is 1. The molecule has 1 radical (unpaired) electrons. The number of nitrogens with zero attached hydrogens (tertiary/aromatic N) is 1. The van der Waals surface area contributed by atoms with Crippen molar-refractivity contribution in [2.24, 2.45) is 0 Å². The predicted molar refractivity (Wildman–Crippen MR) is 56.3 cm³/mol. The van der Waals surface area contributed by atoms with Crippen molar-refractivity contribution >= 4 is 18.3 Å². The first-order valence-electron chi connectivity index (χ1n) is 4.57. The smallest absolute Gasteiger partial charge is 0.251 e. The first-order chi connectivity index (χ1) is 7.26. The summed E-state index contributed by atoms with van der Waals surface area (Å²) in [6, 6.07) is 5.30. The molecule has 1 aromatic heterocycles. The van der Waals surface area contributed by atoms with Crippen LogP contribution in [-0.2, 0) is 9.59 Å². The summed E-state index contributed by atoms with van der Waals surface area (Å²) in [5.41, 5.74) is 0.702. The zero-order chi connectivity index (χ0) is 11.1. The third kappa shape index (κ3) is 3.72. The second-order valence-corrected chi connectivity index (χ2v) is 2.82. The number of hydrogen-bond donors (Lipinski definition) is 1. The van der Waals surface area contributed by atoms with Crippen molar-refractivity contribution in [1.29, 1.82) is 0 Å². The Kier molecular flexibility index (Phi) is 4.22. The van der Waals surface area contributed by atoms with Gasteiger partial charge in [-0.1, -0.05) is 13.0 Å². The fourth-order valence-corrected chi connectivity index (χ4v) is 0.939. The van der Waals surface area contributed by atoms with Crippen molar-refractivity contribution in [3.63, 3.8) is 0 Å². The second kappa shape index (κ2) is 5.70. The van der Waals surface area contributed by atoms with E-state index >= 15 is 0 Å². The Morgan fingerprint density at radius 3 is 2.93 bits per heavy atom. The molecule has 1 amide bonds. The molecule has 0 spiro atoms. The summed E-state index contributed by atoms with van der Waals surface area (Å²) in [6.07, 6.45) is 5.06. The zero-order valence-corrected chi connectivity index (χ0v) is 8.36. The molecule has 0 aliphatic heterocycles. The van der Waals surface area contributed by atoms with Crippen LogP contribution in [0.15, 0.2) is 30.1 Å². The van der Waals surface area contributed by atoms with E-state index in [9.17, 15) is 9.59 Å². The van der Waals surface area contributed by atoms with Crippen LogP contribution < -0.4 is 5.32 Å². The molecule has 1 aromatic rings. The van der Waals surface area contributed by atoms with Gasteiger partial charge in [-0.25, -0.2) is 0 Å². The molecule has 4 nitrogen and oxygen atoms in total. The minimum Gasteiger partial charge on any atom is -0.323 e. The minimum atomic E-state index is -0.222. The maximum absolute atomic E-state index is 11.0. The first-order valence-corrected chi connectivity index (χ1v) is 4.57. The number of amides is 1. The normalized spacial score (nSPS) is 10.9. The summed E-state index contributed by atoms with van der Waals surface area (Å²) in [5, 5.41) is 2.42. The van der Waals surface area contributed by atoms with E-state index in [1.165, 1.54) is 6.08 Å². The van der Waals surface area contributed by atoms with E-state index in [1.54, 1.807) is 37.6 Å². The van der Waals surface area contributed by atoms with Crippen molar-refractivity contribution in [2.75, 3.05) is 0 Å². The molecule has 0 saturated carbocycles. The van der Waals surface area contributed by atoms with Crippen LogP contribution in [0.2, 0.25) is 0 Å². The molecule has 1 N–H and O–H groups in total. The van der Waals surface area contributed by atoms with E-state index < -0.39 is 0 Å². The average molecular weight is 203 g/mol. The SMILES string of the molecule is CCC(=O)N/C([C]=O)=C\c1ccccn1. The lowest BCUT2D eigenvalue weighted by Crippen LogP contribution is -2.22. The maximum Gasteiger partial charge on any atom is 0.251 e. The van der Waals surface area contributed by atoms with Gasteiger partial charge in [0.2, 0.25) is 5.91 Å². The van der Waals surface area contributed by atoms with Crippen LogP contribution in [-0.4, -0.2) is 17.2 Å². The average Bonchev–Trinajstić information content (AvgIpc) is 2.29. The standard InChI is InChI=1S/C11H11N2O2/c1-2-11(15)13-10(8-14)7-9-5-3-4-6-12-9/h3-7H,2H2,1H3,(H,13,15)/b10-7-. The van der Waals surface area contributed by atoms with Crippen molar-refractivity contribution in [2.45, 2.75) is 13.3 Å². The minimum absolute atomic E-state index is 0.0977. The fraction of sp³-hybridized carbons (Fsp3) is 0.182. The molecular weight excluding hydrogens is 192 g/mol. The van der Waals surface area contributed by atoms with Crippen LogP contribution in [0.3, 0.4) is 0 Å². The first kappa shape index (κ1) is 11.1. The van der Waals surface area contributed by atoms with Gasteiger partial charge in [0.05, 0.1) is 11.4 Å². The highest BCUT2D eigenvalue weighted by Crippen LogP contribution is 1.99. The van der Waals surface area contributed by atoms with Crippen molar-refractivity contribution in [3.8, 4) is 0 Å². The van der Waals surface area contributed by atoms with E-state index in [4.69, 9.17) is 0 Å². The molecule has 1 heterocycles. The number of hydrogen-bond acceptors (Lipinski definition) is 3. The highest BCUT2D eigenvalue weighted by Gasteiger charge is 2.02. The number of carbonyl (C=O) groups excluding carboxylic acids is 2. The zero-order valence-electron chi connectivity index (χ0n) is 8.36. The lowest BCUT2D eigenvalue weighted by molar-refractivity contribution is -0.119. The lowest BCUT2D eigenvalue weighted by Gasteiger charge is -2.00. The molecular formula is C11H11N2O2. The van der Waals surface area contributed by atoms with Gasteiger partial charge in [-0.15, -0.1) is 0 Å². The number of aromatic nitrogens is 1. The molecule has 0 atom stereocenters. The molecule has 0 aromatic carbocycles. The summed E-state index contributed by atoms with van der Waals surface area (Å²) in [6.45, 7) is 1.71. The predicted octanol–water partition coefficient (Wildman–Crippen LogP) is 1.06. The monoisotopic (exact) mass is 203 g/mol. The highest BCUT2D eigenvalue weighted by molar-refractivity contribution is 5.89. The van der Waals surface area contributed by atoms with Crippen molar-refractivity contribution in [3.05, 3.63) is 35.8 Å². The Hall–Kier alpha value is -1.97. The van der Waals surface area contributed by atoms with Gasteiger partial charge in [0, 0.05) is 12.6 Å². The van der Waals surface area contributed by atoms with Crippen LogP contribution in [0.5, 0.6) is 0 Å². The quantitative estimate of drug-likeness (QED) is 0.744. The number of pyridine rings is 1. The number of rotatable bonds is 4. The van der Waals surface area contributed by atoms with Gasteiger partial charge in [-0.05, 0) is 18.2 Å². The van der Waals surface area contributed by atoms with Crippen LogP contribution in [0, 0.1) is 0 Å². The van der Waals surface area contributed by atoms with Gasteiger partial charge >= 0.3 is 0 Å². The van der Waals surface area contributed by atoms with Gasteiger partial charge in [0.15, 0.2) is 0 Å². The molecule has 0 bridgehead atoms. The summed E-state index contributed by atoms with van der Waals surface area (Å²) in [4.78, 5) is 25.5. The topological polar surface area (TPSA) is 59.1 Å². The Labute approximate surface area is 88.0 Å². The summed E-state index contributed by atoms with van der Waals surface area (Å²) in [5.74, 6) is -0.222. The van der Waals surface area contributed by atoms with E-state index in [1.807, 2.05) is 0 Å². The van der Waals surface area contributed by atoms with Crippen LogP contribution >= 0.6 is 0 Å². The number of nitrogens with one attached hydrogen (secondary N) is 1. The van der Waals surface area contributed by atoms with Crippen LogP contribution in [0.1, 0.15) is 19.0 Å². The Balaban J connectivity index is 2.79. The Morgan fingerprint density at radius 2 is 2.40 bits per heavy atom. The van der Waals surface area contributed by atoms with Gasteiger partial charge in [-0.2, -0.15) is 0 Å². The molecule has 0 saturated heterocycles. The van der Waals surface area contributed by atoms with Crippen LogP contribution in [0.4, 0.5) is 0 Å². The van der Waals surface area contributed by atoms with Gasteiger partial charge in [0.1, 0.15) is 0 Å². The second-order valence-electron chi connectivity index (χ2n) is 2.82. The van der Waals surface area contributed by atoms with Crippen molar-refractivity contribution < 1.29 is 9.59 Å². The molecule has 15 heavy (non-hydrogen) atoms. The summed E-state index contributed by atoms with van der Waals surface area (Å²) < 4.78 is 0. The number of carbonyl (C=O) groups is 1. The summed E-state index contributed by atoms with van der Waals surface area (Å²) in [7, 11) is 0. The van der Waals surface area contributed by atoms with E-state index in [0.29, 0.717) is 12.1 Å². The molecule has 4 heteroatoms. The van der Waals surface area contributed by atoms with E-state index in [2.05, 4.69) is 10.3 Å². The van der Waals surface area contributed by atoms with Gasteiger partial charge in [-0.3, -0.25) is 14.6 Å². The molecule has 0 unspecified atom stereocenters. The lowest BCUT2D eigenvalue weighted by atomic mass is 10.3. The molecule has 0 aliphatic carbocycles. The van der Waals surface area contributed by atoms with E-state index in [0.717, 1.165) is 0 Å². The molecule has 77 valence electrons. The third-order valence-electron chi connectivity index (χ3n) is 1.69. The van der Waals surface area contributed by atoms with E-state index in [-0.39, 0.29) is 11.6 Å². The Morgan fingerprint density at radius 1 is 1.60 bits per heavy atom. The highest BCUT2D eigenvalue weighted by atomic mass is 16.2. The largest absolute Gasteiger partial charge is 0.323 e. The van der Waals surface area contributed by atoms with Crippen LogP contribution in [0.25, 0.3) is 6.08 Å².